The highest BCUT2D eigenvalue weighted by Gasteiger charge is 2.71. The van der Waals surface area contributed by atoms with Crippen LogP contribution in [0.3, 0.4) is 0 Å². The molecule has 6 rings (SSSR count). The Balaban J connectivity index is 1.19. The number of rotatable bonds is 5. The van der Waals surface area contributed by atoms with Crippen LogP contribution in [-0.2, 0) is 23.7 Å². The maximum absolute atomic E-state index is 12.0. The minimum atomic E-state index is -1.32. The van der Waals surface area contributed by atoms with E-state index in [4.69, 9.17) is 18.9 Å². The van der Waals surface area contributed by atoms with E-state index in [-0.39, 0.29) is 17.9 Å². The van der Waals surface area contributed by atoms with E-state index in [2.05, 4.69) is 27.4 Å². The molecule has 5 heterocycles. The molecule has 6 fully saturated rings. The molecular formula is C30H46O7. The molecule has 1 saturated carbocycles. The number of cyclic esters (lactones) is 1. The fourth-order valence-corrected chi connectivity index (χ4v) is 7.82. The molecular weight excluding hydrogens is 472 g/mol. The Kier molecular flexibility index (Phi) is 6.76. The first-order chi connectivity index (χ1) is 17.2. The minimum Gasteiger partial charge on any atom is -0.459 e. The van der Waals surface area contributed by atoms with Gasteiger partial charge in [0, 0.05) is 12.8 Å². The van der Waals surface area contributed by atoms with Crippen LogP contribution in [0, 0.1) is 23.2 Å². The topological polar surface area (TPSA) is 94.5 Å². The van der Waals surface area contributed by atoms with Gasteiger partial charge in [-0.05, 0) is 88.9 Å². The van der Waals surface area contributed by atoms with Crippen molar-refractivity contribution in [3.8, 4) is 0 Å². The van der Waals surface area contributed by atoms with Crippen molar-refractivity contribution >= 4 is 5.97 Å². The highest BCUT2D eigenvalue weighted by molar-refractivity contribution is 5.91. The summed E-state index contributed by atoms with van der Waals surface area (Å²) in [5.41, 5.74) is 0.353. The summed E-state index contributed by atoms with van der Waals surface area (Å²) in [5, 5.41) is 21.3. The molecule has 1 spiro atoms. The molecule has 2 unspecified atom stereocenters. The third-order valence-electron chi connectivity index (χ3n) is 10.7. The van der Waals surface area contributed by atoms with Crippen molar-refractivity contribution in [2.75, 3.05) is 13.2 Å². The Morgan fingerprint density at radius 3 is 2.41 bits per heavy atom. The first-order valence-corrected chi connectivity index (χ1v) is 14.2. The van der Waals surface area contributed by atoms with Crippen LogP contribution in [-0.4, -0.2) is 58.3 Å². The summed E-state index contributed by atoms with van der Waals surface area (Å²) in [5.74, 6) is -1.34. The lowest BCUT2D eigenvalue weighted by Gasteiger charge is -2.66. The van der Waals surface area contributed by atoms with E-state index >= 15 is 0 Å². The maximum Gasteiger partial charge on any atom is 0.336 e. The van der Waals surface area contributed by atoms with E-state index < -0.39 is 34.8 Å². The van der Waals surface area contributed by atoms with Crippen LogP contribution in [0.4, 0.5) is 0 Å². The largest absolute Gasteiger partial charge is 0.459 e. The van der Waals surface area contributed by atoms with Gasteiger partial charge in [-0.3, -0.25) is 0 Å². The molecule has 1 aliphatic carbocycles. The molecule has 37 heavy (non-hydrogen) atoms. The molecule has 0 aromatic heterocycles. The standard InChI is InChI=1S/C30H46O7/c1-19-7-9-21(26(2,3)23(19)12-11-22-24(31)18-34-25(22)32)10-8-20-13-14-30(35-17-20)28(6)15-16-29(33,37-30)27(4,5)36-28/h11,20-21,23-24,31,33H,1,7-10,12-18H2,2-6H3/b22-11+/t20-,21-,23-,24-,28?,29?,30-/m0/s1. The number of carbonyl (C=O) groups is 1. The predicted octanol–water partition coefficient (Wildman–Crippen LogP) is 4.80. The summed E-state index contributed by atoms with van der Waals surface area (Å²) < 4.78 is 24.2. The van der Waals surface area contributed by atoms with Gasteiger partial charge in [0.05, 0.1) is 12.2 Å². The van der Waals surface area contributed by atoms with Gasteiger partial charge in [0.1, 0.15) is 23.9 Å². The number of esters is 1. The number of carbonyl (C=O) groups excluding carboxylic acids is 1. The molecule has 2 bridgehead atoms. The normalized spacial score (nSPS) is 46.0. The molecule has 0 amide bonds. The molecule has 7 atom stereocenters. The highest BCUT2D eigenvalue weighted by Crippen LogP contribution is 2.59. The summed E-state index contributed by atoms with van der Waals surface area (Å²) in [4.78, 5) is 12.0. The quantitative estimate of drug-likeness (QED) is 0.307. The van der Waals surface area contributed by atoms with Crippen LogP contribution in [0.5, 0.6) is 0 Å². The van der Waals surface area contributed by atoms with Gasteiger partial charge in [0.2, 0.25) is 5.79 Å². The van der Waals surface area contributed by atoms with Crippen LogP contribution in [0.1, 0.15) is 92.4 Å². The molecule has 0 radical (unpaired) electrons. The van der Waals surface area contributed by atoms with E-state index in [1.54, 1.807) is 0 Å². The Morgan fingerprint density at radius 1 is 1.03 bits per heavy atom. The van der Waals surface area contributed by atoms with E-state index in [9.17, 15) is 15.0 Å². The van der Waals surface area contributed by atoms with Gasteiger partial charge in [-0.1, -0.05) is 32.1 Å². The third-order valence-corrected chi connectivity index (χ3v) is 10.7. The van der Waals surface area contributed by atoms with Crippen molar-refractivity contribution in [3.05, 3.63) is 23.8 Å². The number of hydrogen-bond donors (Lipinski definition) is 2. The van der Waals surface area contributed by atoms with Crippen LogP contribution in [0.25, 0.3) is 0 Å². The molecule has 208 valence electrons. The summed E-state index contributed by atoms with van der Waals surface area (Å²) in [6.07, 6.45) is 9.09. The van der Waals surface area contributed by atoms with Gasteiger partial charge in [-0.2, -0.15) is 0 Å². The summed E-state index contributed by atoms with van der Waals surface area (Å²) in [6.45, 7) is 15.6. The first-order valence-electron chi connectivity index (χ1n) is 14.2. The van der Waals surface area contributed by atoms with Crippen molar-refractivity contribution in [2.24, 2.45) is 23.2 Å². The molecule has 2 N–H and O–H groups in total. The van der Waals surface area contributed by atoms with Crippen molar-refractivity contribution < 1.29 is 34.0 Å². The smallest absolute Gasteiger partial charge is 0.336 e. The van der Waals surface area contributed by atoms with Gasteiger partial charge in [0.15, 0.2) is 5.79 Å². The Labute approximate surface area is 221 Å². The lowest BCUT2D eigenvalue weighted by Crippen LogP contribution is -2.78. The lowest BCUT2D eigenvalue weighted by molar-refractivity contribution is -0.522. The zero-order valence-electron chi connectivity index (χ0n) is 23.3. The average molecular weight is 519 g/mol. The average Bonchev–Trinajstić information content (AvgIpc) is 3.13. The van der Waals surface area contributed by atoms with Crippen molar-refractivity contribution in [1.29, 1.82) is 0 Å². The first kappa shape index (κ1) is 27.3. The second-order valence-corrected chi connectivity index (χ2v) is 13.6. The van der Waals surface area contributed by atoms with Gasteiger partial charge >= 0.3 is 5.97 Å². The van der Waals surface area contributed by atoms with Gasteiger partial charge in [0.25, 0.3) is 0 Å². The number of aliphatic hydroxyl groups excluding tert-OH is 1. The molecule has 5 aliphatic heterocycles. The van der Waals surface area contributed by atoms with Crippen LogP contribution >= 0.6 is 0 Å². The van der Waals surface area contributed by atoms with E-state index in [1.807, 2.05) is 19.9 Å². The van der Waals surface area contributed by atoms with E-state index in [0.29, 0.717) is 36.9 Å². The summed E-state index contributed by atoms with van der Waals surface area (Å²) >= 11 is 0. The Bertz CT molecular complexity index is 959. The Morgan fingerprint density at radius 2 is 1.78 bits per heavy atom. The number of allylic oxidation sites excluding steroid dienone is 2. The van der Waals surface area contributed by atoms with Gasteiger partial charge in [-0.25, -0.2) is 4.79 Å². The number of fused-ring (bicyclic) bond motifs is 2. The molecule has 5 saturated heterocycles. The molecule has 6 aliphatic rings. The minimum absolute atomic E-state index is 0.0401. The summed E-state index contributed by atoms with van der Waals surface area (Å²) in [7, 11) is 0. The lowest BCUT2D eigenvalue weighted by atomic mass is 9.58. The number of hydrogen-bond acceptors (Lipinski definition) is 7. The SMILES string of the molecule is C=C1CC[C@@H](CC[C@H]2CC[C@]3(OC2)OC2(O)CCC3(C)OC2(C)C)C(C)(C)[C@H]1C/C=C1/C(=O)OC[C@@H]1O. The second kappa shape index (κ2) is 9.16. The van der Waals surface area contributed by atoms with Gasteiger partial charge in [-0.15, -0.1) is 0 Å². The van der Waals surface area contributed by atoms with Crippen LogP contribution in [0.15, 0.2) is 23.8 Å². The van der Waals surface area contributed by atoms with Gasteiger partial charge < -0.3 is 29.2 Å². The fourth-order valence-electron chi connectivity index (χ4n) is 7.82. The summed E-state index contributed by atoms with van der Waals surface area (Å²) in [6, 6.07) is 0. The van der Waals surface area contributed by atoms with E-state index in [1.165, 1.54) is 5.57 Å². The van der Waals surface area contributed by atoms with Crippen molar-refractivity contribution in [2.45, 2.75) is 121 Å². The highest BCUT2D eigenvalue weighted by atomic mass is 16.8. The van der Waals surface area contributed by atoms with E-state index in [0.717, 1.165) is 44.9 Å². The maximum atomic E-state index is 12.0. The van der Waals surface area contributed by atoms with Crippen LogP contribution in [0.2, 0.25) is 0 Å². The Hall–Kier alpha value is -1.25. The second-order valence-electron chi connectivity index (χ2n) is 13.6. The molecule has 0 aromatic carbocycles. The van der Waals surface area contributed by atoms with Crippen molar-refractivity contribution in [3.63, 3.8) is 0 Å². The number of aliphatic hydroxyl groups is 2. The number of ether oxygens (including phenoxy) is 4. The van der Waals surface area contributed by atoms with Crippen molar-refractivity contribution in [1.82, 2.24) is 0 Å². The molecule has 7 nitrogen and oxygen atoms in total. The molecule has 0 aromatic rings. The molecule has 7 heteroatoms. The van der Waals surface area contributed by atoms with Crippen LogP contribution < -0.4 is 0 Å². The zero-order chi connectivity index (χ0) is 26.9. The fraction of sp³-hybridized carbons (Fsp3) is 0.833. The third kappa shape index (κ3) is 4.43. The monoisotopic (exact) mass is 518 g/mol. The zero-order valence-corrected chi connectivity index (χ0v) is 23.3. The predicted molar refractivity (Wildman–Crippen MR) is 138 cm³/mol.